The maximum Gasteiger partial charge on any atom is 0.186 e. The minimum Gasteiger partial charge on any atom is -0.384 e. The van der Waals surface area contributed by atoms with E-state index in [4.69, 9.17) is 23.7 Å². The number of aliphatic hydroxyl groups excluding tert-OH is 1. The molecule has 0 spiro atoms. The lowest BCUT2D eigenvalue weighted by Crippen LogP contribution is -2.54. The maximum absolute atomic E-state index is 11.2. The van der Waals surface area contributed by atoms with E-state index in [2.05, 4.69) is 6.58 Å². The van der Waals surface area contributed by atoms with Crippen molar-refractivity contribution in [2.45, 2.75) is 50.0 Å². The van der Waals surface area contributed by atoms with E-state index in [9.17, 15) is 5.11 Å². The van der Waals surface area contributed by atoms with Crippen LogP contribution in [0.25, 0.3) is 0 Å². The van der Waals surface area contributed by atoms with Crippen LogP contribution in [0.3, 0.4) is 0 Å². The number of ether oxygens (including phenoxy) is 5. The van der Waals surface area contributed by atoms with Crippen LogP contribution in [-0.4, -0.2) is 49.0 Å². The van der Waals surface area contributed by atoms with E-state index in [1.807, 2.05) is 91.0 Å². The molecule has 0 saturated carbocycles. The van der Waals surface area contributed by atoms with E-state index in [0.29, 0.717) is 13.2 Å². The van der Waals surface area contributed by atoms with Crippen LogP contribution in [0.4, 0.5) is 0 Å². The highest BCUT2D eigenvalue weighted by molar-refractivity contribution is 5.19. The Hall–Kier alpha value is -2.84. The van der Waals surface area contributed by atoms with E-state index in [-0.39, 0.29) is 13.2 Å². The van der Waals surface area contributed by atoms with Crippen LogP contribution in [-0.2, 0) is 43.5 Å². The SMILES string of the molecule is C=C[C@@]1(OCc2ccccc2)[C@@H]([C@@H](COCc2ccccc2)OCc2ccccc2)OC(OC)[C@@H]1O. The van der Waals surface area contributed by atoms with Crippen LogP contribution >= 0.6 is 0 Å². The Morgan fingerprint density at radius 2 is 1.39 bits per heavy atom. The minimum absolute atomic E-state index is 0.222. The largest absolute Gasteiger partial charge is 0.384 e. The molecule has 6 nitrogen and oxygen atoms in total. The quantitative estimate of drug-likeness (QED) is 0.352. The average Bonchev–Trinajstić information content (AvgIpc) is 3.22. The van der Waals surface area contributed by atoms with Gasteiger partial charge in [0.15, 0.2) is 6.29 Å². The molecule has 0 amide bonds. The van der Waals surface area contributed by atoms with Gasteiger partial charge in [0.25, 0.3) is 0 Å². The zero-order valence-electron chi connectivity index (χ0n) is 20.6. The highest BCUT2D eigenvalue weighted by Crippen LogP contribution is 2.39. The Balaban J connectivity index is 1.56. The van der Waals surface area contributed by atoms with Gasteiger partial charge < -0.3 is 28.8 Å². The van der Waals surface area contributed by atoms with Crippen LogP contribution in [0, 0.1) is 0 Å². The number of hydrogen-bond acceptors (Lipinski definition) is 6. The van der Waals surface area contributed by atoms with Crippen molar-refractivity contribution in [2.24, 2.45) is 0 Å². The summed E-state index contributed by atoms with van der Waals surface area (Å²) in [5, 5.41) is 11.2. The van der Waals surface area contributed by atoms with Gasteiger partial charge in [-0.05, 0) is 16.7 Å². The lowest BCUT2D eigenvalue weighted by molar-refractivity contribution is -0.186. The number of aliphatic hydroxyl groups is 1. The molecule has 4 rings (SSSR count). The average molecular weight is 491 g/mol. The second-order valence-electron chi connectivity index (χ2n) is 8.77. The van der Waals surface area contributed by atoms with Crippen LogP contribution in [0.2, 0.25) is 0 Å². The van der Waals surface area contributed by atoms with Crippen molar-refractivity contribution in [1.29, 1.82) is 0 Å². The molecule has 3 aromatic rings. The third kappa shape index (κ3) is 6.28. The summed E-state index contributed by atoms with van der Waals surface area (Å²) in [6.07, 6.45) is -1.71. The van der Waals surface area contributed by atoms with Crippen molar-refractivity contribution in [3.63, 3.8) is 0 Å². The lowest BCUT2D eigenvalue weighted by Gasteiger charge is -2.37. The summed E-state index contributed by atoms with van der Waals surface area (Å²) in [5.74, 6) is 0. The molecule has 0 aliphatic carbocycles. The molecule has 1 aliphatic rings. The molecule has 3 aromatic carbocycles. The van der Waals surface area contributed by atoms with Crippen molar-refractivity contribution >= 4 is 0 Å². The molecule has 0 aromatic heterocycles. The standard InChI is InChI=1S/C30H34O6/c1-3-30(35-21-25-17-11-6-12-18-25)27(31)29(32-2)36-28(30)26(34-20-24-15-9-5-10-16-24)22-33-19-23-13-7-4-8-14-23/h3-18,26-29,31H,1,19-22H2,2H3/t26-,27+,28-,29?,30+/m1/s1. The number of hydrogen-bond donors (Lipinski definition) is 1. The molecule has 1 heterocycles. The summed E-state index contributed by atoms with van der Waals surface area (Å²) in [4.78, 5) is 0. The molecule has 5 atom stereocenters. The Morgan fingerprint density at radius 1 is 0.861 bits per heavy atom. The fourth-order valence-corrected chi connectivity index (χ4v) is 4.38. The molecule has 1 aliphatic heterocycles. The summed E-state index contributed by atoms with van der Waals surface area (Å²) in [6.45, 7) is 5.26. The van der Waals surface area contributed by atoms with Crippen LogP contribution in [0.1, 0.15) is 16.7 Å². The molecule has 1 saturated heterocycles. The van der Waals surface area contributed by atoms with Crippen molar-refractivity contribution in [3.05, 3.63) is 120 Å². The van der Waals surface area contributed by atoms with E-state index in [1.54, 1.807) is 6.08 Å². The maximum atomic E-state index is 11.2. The third-order valence-electron chi connectivity index (χ3n) is 6.37. The van der Waals surface area contributed by atoms with Gasteiger partial charge in [-0.15, -0.1) is 6.58 Å². The normalized spacial score (nSPS) is 24.4. The van der Waals surface area contributed by atoms with Crippen LogP contribution in [0.15, 0.2) is 104 Å². The second-order valence-corrected chi connectivity index (χ2v) is 8.77. The van der Waals surface area contributed by atoms with Gasteiger partial charge in [-0.2, -0.15) is 0 Å². The Kier molecular flexibility index (Phi) is 9.41. The van der Waals surface area contributed by atoms with Crippen molar-refractivity contribution in [2.75, 3.05) is 13.7 Å². The van der Waals surface area contributed by atoms with Gasteiger partial charge in [0.2, 0.25) is 0 Å². The van der Waals surface area contributed by atoms with Gasteiger partial charge in [-0.1, -0.05) is 97.1 Å². The molecular weight excluding hydrogens is 456 g/mol. The monoisotopic (exact) mass is 490 g/mol. The predicted molar refractivity (Wildman–Crippen MR) is 137 cm³/mol. The third-order valence-corrected chi connectivity index (χ3v) is 6.37. The minimum atomic E-state index is -1.27. The topological polar surface area (TPSA) is 66.4 Å². The van der Waals surface area contributed by atoms with Gasteiger partial charge in [-0.25, -0.2) is 0 Å². The summed E-state index contributed by atoms with van der Waals surface area (Å²) in [7, 11) is 1.49. The smallest absolute Gasteiger partial charge is 0.186 e. The van der Waals surface area contributed by atoms with Crippen molar-refractivity contribution < 1.29 is 28.8 Å². The summed E-state index contributed by atoms with van der Waals surface area (Å²) < 4.78 is 30.4. The van der Waals surface area contributed by atoms with Gasteiger partial charge >= 0.3 is 0 Å². The molecule has 36 heavy (non-hydrogen) atoms. The van der Waals surface area contributed by atoms with E-state index in [1.165, 1.54) is 7.11 Å². The fraction of sp³-hybridized carbons (Fsp3) is 0.333. The predicted octanol–water partition coefficient (Wildman–Crippen LogP) is 4.66. The molecule has 1 unspecified atom stereocenters. The van der Waals surface area contributed by atoms with E-state index >= 15 is 0 Å². The molecular formula is C30H34O6. The zero-order chi connectivity index (χ0) is 25.2. The Labute approximate surface area is 213 Å². The molecule has 190 valence electrons. The van der Waals surface area contributed by atoms with Crippen LogP contribution < -0.4 is 0 Å². The number of methoxy groups -OCH3 is 1. The molecule has 0 bridgehead atoms. The van der Waals surface area contributed by atoms with Gasteiger partial charge in [-0.3, -0.25) is 0 Å². The summed E-state index contributed by atoms with van der Waals surface area (Å²) >= 11 is 0. The first-order chi connectivity index (χ1) is 17.7. The van der Waals surface area contributed by atoms with Gasteiger partial charge in [0, 0.05) is 7.11 Å². The van der Waals surface area contributed by atoms with Crippen molar-refractivity contribution in [1.82, 2.24) is 0 Å². The summed E-state index contributed by atoms with van der Waals surface area (Å²) in [5.41, 5.74) is 1.76. The van der Waals surface area contributed by atoms with E-state index < -0.39 is 30.2 Å². The number of rotatable bonds is 13. The Bertz CT molecular complexity index is 1040. The molecule has 0 radical (unpaired) electrons. The second kappa shape index (κ2) is 12.9. The molecule has 1 N–H and O–H groups in total. The first kappa shape index (κ1) is 26.2. The van der Waals surface area contributed by atoms with Crippen molar-refractivity contribution in [3.8, 4) is 0 Å². The Morgan fingerprint density at radius 3 is 1.92 bits per heavy atom. The molecule has 1 fully saturated rings. The lowest BCUT2D eigenvalue weighted by atomic mass is 9.88. The highest BCUT2D eigenvalue weighted by Gasteiger charge is 2.59. The fourth-order valence-electron chi connectivity index (χ4n) is 4.38. The van der Waals surface area contributed by atoms with Crippen LogP contribution in [0.5, 0.6) is 0 Å². The first-order valence-corrected chi connectivity index (χ1v) is 12.1. The number of benzene rings is 3. The first-order valence-electron chi connectivity index (χ1n) is 12.1. The molecule has 6 heteroatoms. The summed E-state index contributed by atoms with van der Waals surface area (Å²) in [6, 6.07) is 29.6. The van der Waals surface area contributed by atoms with Gasteiger partial charge in [0.05, 0.1) is 26.4 Å². The zero-order valence-corrected chi connectivity index (χ0v) is 20.6. The highest BCUT2D eigenvalue weighted by atomic mass is 16.7. The van der Waals surface area contributed by atoms with Gasteiger partial charge in [0.1, 0.15) is 23.9 Å². The van der Waals surface area contributed by atoms with E-state index in [0.717, 1.165) is 16.7 Å².